The van der Waals surface area contributed by atoms with Gasteiger partial charge in [-0.3, -0.25) is 4.99 Å². The third-order valence-electron chi connectivity index (χ3n) is 5.05. The van der Waals surface area contributed by atoms with Crippen molar-refractivity contribution in [3.05, 3.63) is 16.1 Å². The normalized spacial score (nSPS) is 17.1. The lowest BCUT2D eigenvalue weighted by Gasteiger charge is -2.33. The number of nitrogens with one attached hydrogen (secondary N) is 2. The van der Waals surface area contributed by atoms with Crippen molar-refractivity contribution in [2.75, 3.05) is 39.3 Å². The zero-order valence-corrected chi connectivity index (χ0v) is 20.1. The number of thiazole rings is 1. The number of rotatable bonds is 9. The van der Waals surface area contributed by atoms with Crippen molar-refractivity contribution in [2.45, 2.75) is 78.4 Å². The summed E-state index contributed by atoms with van der Waals surface area (Å²) in [6, 6.07) is 0.488. The standard InChI is InChI=1S/C22H41N5OS/c1-7-23-21(24-11-8-20-26-19(16-29-20)22(4,5)6)25-18-9-12-27(13-10-18)14-15-28-17(2)3/h16-18H,7-15H2,1-6H3,(H2,23,24,25). The fourth-order valence-electron chi connectivity index (χ4n) is 3.27. The van der Waals surface area contributed by atoms with Gasteiger partial charge in [-0.1, -0.05) is 20.8 Å². The Morgan fingerprint density at radius 3 is 2.66 bits per heavy atom. The number of aromatic nitrogens is 1. The minimum Gasteiger partial charge on any atom is -0.377 e. The molecule has 0 aliphatic carbocycles. The molecule has 0 bridgehead atoms. The van der Waals surface area contributed by atoms with Crippen molar-refractivity contribution in [1.29, 1.82) is 0 Å². The molecular weight excluding hydrogens is 382 g/mol. The topological polar surface area (TPSA) is 61.8 Å². The number of aliphatic imine (C=N–C) groups is 1. The van der Waals surface area contributed by atoms with Gasteiger partial charge in [-0.2, -0.15) is 0 Å². The molecular formula is C22H41N5OS. The Labute approximate surface area is 181 Å². The van der Waals surface area contributed by atoms with Gasteiger partial charge in [0.05, 0.1) is 23.4 Å². The molecule has 6 nitrogen and oxygen atoms in total. The molecule has 0 amide bonds. The van der Waals surface area contributed by atoms with E-state index in [4.69, 9.17) is 14.7 Å². The fraction of sp³-hybridized carbons (Fsp3) is 0.818. The molecule has 0 aromatic carbocycles. The Morgan fingerprint density at radius 2 is 2.07 bits per heavy atom. The second kappa shape index (κ2) is 11.9. The van der Waals surface area contributed by atoms with Crippen molar-refractivity contribution in [2.24, 2.45) is 4.99 Å². The Hall–Kier alpha value is -1.18. The van der Waals surface area contributed by atoms with Crippen LogP contribution in [0.4, 0.5) is 0 Å². The van der Waals surface area contributed by atoms with Gasteiger partial charge in [0.1, 0.15) is 0 Å². The Kier molecular flexibility index (Phi) is 9.86. The minimum absolute atomic E-state index is 0.115. The molecule has 29 heavy (non-hydrogen) atoms. The van der Waals surface area contributed by atoms with Crippen LogP contribution < -0.4 is 10.6 Å². The number of nitrogens with zero attached hydrogens (tertiary/aromatic N) is 3. The van der Waals surface area contributed by atoms with Crippen molar-refractivity contribution in [3.63, 3.8) is 0 Å². The van der Waals surface area contributed by atoms with Crippen molar-refractivity contribution >= 4 is 17.3 Å². The maximum atomic E-state index is 5.68. The van der Waals surface area contributed by atoms with Crippen LogP contribution in [0.15, 0.2) is 10.4 Å². The largest absolute Gasteiger partial charge is 0.377 e. The van der Waals surface area contributed by atoms with Crippen molar-refractivity contribution in [1.82, 2.24) is 20.5 Å². The molecule has 1 aliphatic heterocycles. The molecule has 0 atom stereocenters. The first-order chi connectivity index (χ1) is 13.8. The van der Waals surface area contributed by atoms with Crippen LogP contribution in [0.2, 0.25) is 0 Å². The van der Waals surface area contributed by atoms with E-state index in [9.17, 15) is 0 Å². The molecule has 0 saturated carbocycles. The SMILES string of the molecule is CCNC(=NCCc1nc(C(C)(C)C)cs1)NC1CCN(CCOC(C)C)CC1. The van der Waals surface area contributed by atoms with Crippen molar-refractivity contribution < 1.29 is 4.74 Å². The van der Waals surface area contributed by atoms with Gasteiger partial charge in [0.2, 0.25) is 0 Å². The van der Waals surface area contributed by atoms with Gasteiger partial charge in [-0.05, 0) is 33.6 Å². The molecule has 1 aliphatic rings. The molecule has 166 valence electrons. The Morgan fingerprint density at radius 1 is 1.34 bits per heavy atom. The monoisotopic (exact) mass is 423 g/mol. The van der Waals surface area contributed by atoms with E-state index >= 15 is 0 Å². The van der Waals surface area contributed by atoms with E-state index in [1.165, 1.54) is 10.7 Å². The summed E-state index contributed by atoms with van der Waals surface area (Å²) in [5.41, 5.74) is 1.29. The summed E-state index contributed by atoms with van der Waals surface area (Å²) in [4.78, 5) is 12.1. The van der Waals surface area contributed by atoms with Gasteiger partial charge in [0, 0.05) is 56.0 Å². The molecule has 2 N–H and O–H groups in total. The minimum atomic E-state index is 0.115. The lowest BCUT2D eigenvalue weighted by molar-refractivity contribution is 0.0532. The predicted molar refractivity (Wildman–Crippen MR) is 124 cm³/mol. The van der Waals surface area contributed by atoms with Crippen LogP contribution in [-0.2, 0) is 16.6 Å². The van der Waals surface area contributed by atoms with Crippen LogP contribution in [0.5, 0.6) is 0 Å². The highest BCUT2D eigenvalue weighted by Gasteiger charge is 2.20. The maximum absolute atomic E-state index is 5.68. The maximum Gasteiger partial charge on any atom is 0.191 e. The molecule has 2 rings (SSSR count). The summed E-state index contributed by atoms with van der Waals surface area (Å²) < 4.78 is 5.68. The highest BCUT2D eigenvalue weighted by atomic mass is 32.1. The van der Waals surface area contributed by atoms with Gasteiger partial charge in [-0.25, -0.2) is 4.98 Å². The van der Waals surface area contributed by atoms with E-state index in [1.807, 2.05) is 0 Å². The second-order valence-electron chi connectivity index (χ2n) is 9.07. The van der Waals surface area contributed by atoms with E-state index in [2.05, 4.69) is 62.5 Å². The summed E-state index contributed by atoms with van der Waals surface area (Å²) in [6.07, 6.45) is 3.50. The summed E-state index contributed by atoms with van der Waals surface area (Å²) in [5.74, 6) is 0.932. The molecule has 2 heterocycles. The highest BCUT2D eigenvalue weighted by molar-refractivity contribution is 7.09. The van der Waals surface area contributed by atoms with Crippen LogP contribution in [-0.4, -0.2) is 67.3 Å². The molecule has 0 spiro atoms. The summed E-state index contributed by atoms with van der Waals surface area (Å²) >= 11 is 1.75. The fourth-order valence-corrected chi connectivity index (χ4v) is 4.28. The zero-order valence-electron chi connectivity index (χ0n) is 19.3. The molecule has 1 aromatic heterocycles. The van der Waals surface area contributed by atoms with Crippen LogP contribution in [0.3, 0.4) is 0 Å². The molecule has 1 aromatic rings. The number of piperidine rings is 1. The molecule has 0 unspecified atom stereocenters. The lowest BCUT2D eigenvalue weighted by atomic mass is 9.93. The Balaban J connectivity index is 1.76. The van der Waals surface area contributed by atoms with E-state index in [0.717, 1.165) is 64.6 Å². The van der Waals surface area contributed by atoms with E-state index < -0.39 is 0 Å². The van der Waals surface area contributed by atoms with Crippen LogP contribution in [0, 0.1) is 0 Å². The third kappa shape index (κ3) is 9.01. The van der Waals surface area contributed by atoms with Crippen LogP contribution in [0.1, 0.15) is 65.1 Å². The summed E-state index contributed by atoms with van der Waals surface area (Å²) in [6.45, 7) is 18.7. The van der Waals surface area contributed by atoms with Gasteiger partial charge in [-0.15, -0.1) is 11.3 Å². The summed E-state index contributed by atoms with van der Waals surface area (Å²) in [5, 5.41) is 10.4. The zero-order chi connectivity index (χ0) is 21.3. The molecule has 0 radical (unpaired) electrons. The number of ether oxygens (including phenoxy) is 1. The summed E-state index contributed by atoms with van der Waals surface area (Å²) in [7, 11) is 0. The molecule has 1 saturated heterocycles. The average Bonchev–Trinajstić information content (AvgIpc) is 3.12. The first-order valence-corrected chi connectivity index (χ1v) is 12.0. The molecule has 1 fully saturated rings. The first-order valence-electron chi connectivity index (χ1n) is 11.1. The molecule has 7 heteroatoms. The number of guanidine groups is 1. The Bertz CT molecular complexity index is 615. The van der Waals surface area contributed by atoms with E-state index in [1.54, 1.807) is 11.3 Å². The smallest absolute Gasteiger partial charge is 0.191 e. The third-order valence-corrected chi connectivity index (χ3v) is 5.96. The van der Waals surface area contributed by atoms with E-state index in [0.29, 0.717) is 12.1 Å². The lowest BCUT2D eigenvalue weighted by Crippen LogP contribution is -2.49. The number of hydrogen-bond acceptors (Lipinski definition) is 5. The van der Waals surface area contributed by atoms with Gasteiger partial charge < -0.3 is 20.3 Å². The van der Waals surface area contributed by atoms with Gasteiger partial charge in [0.25, 0.3) is 0 Å². The average molecular weight is 424 g/mol. The van der Waals surface area contributed by atoms with Crippen LogP contribution in [0.25, 0.3) is 0 Å². The predicted octanol–water partition coefficient (Wildman–Crippen LogP) is 3.43. The highest BCUT2D eigenvalue weighted by Crippen LogP contribution is 2.24. The number of hydrogen-bond donors (Lipinski definition) is 2. The van der Waals surface area contributed by atoms with Gasteiger partial charge >= 0.3 is 0 Å². The quantitative estimate of drug-likeness (QED) is 0.471. The first kappa shape index (κ1) is 24.1. The van der Waals surface area contributed by atoms with Crippen LogP contribution >= 0.6 is 11.3 Å². The second-order valence-corrected chi connectivity index (χ2v) is 10.0. The number of likely N-dealkylation sites (tertiary alicyclic amines) is 1. The van der Waals surface area contributed by atoms with Crippen molar-refractivity contribution in [3.8, 4) is 0 Å². The van der Waals surface area contributed by atoms with Gasteiger partial charge in [0.15, 0.2) is 5.96 Å². The van der Waals surface area contributed by atoms with E-state index in [-0.39, 0.29) is 5.41 Å².